The van der Waals surface area contributed by atoms with Gasteiger partial charge in [-0.25, -0.2) is 4.39 Å². The van der Waals surface area contributed by atoms with Crippen LogP contribution in [0.4, 0.5) is 21.5 Å². The fourth-order valence-corrected chi connectivity index (χ4v) is 2.89. The molecule has 2 N–H and O–H groups in total. The molecule has 0 spiro atoms. The van der Waals surface area contributed by atoms with Crippen LogP contribution in [0.15, 0.2) is 48.5 Å². The van der Waals surface area contributed by atoms with E-state index in [0.29, 0.717) is 5.69 Å². The summed E-state index contributed by atoms with van der Waals surface area (Å²) < 4.78 is 13.5. The van der Waals surface area contributed by atoms with Crippen LogP contribution in [0.5, 0.6) is 0 Å². The van der Waals surface area contributed by atoms with Crippen LogP contribution < -0.4 is 15.5 Å². The largest absolute Gasteiger partial charge is 0.374 e. The molecule has 2 aromatic carbocycles. The minimum atomic E-state index is -0.365. The Morgan fingerprint density at radius 3 is 2.42 bits per heavy atom. The van der Waals surface area contributed by atoms with Gasteiger partial charge in [0, 0.05) is 24.5 Å². The topological polar surface area (TPSA) is 44.4 Å². The number of benzene rings is 2. The van der Waals surface area contributed by atoms with Crippen molar-refractivity contribution in [1.29, 1.82) is 0 Å². The second-order valence-electron chi connectivity index (χ2n) is 5.98. The van der Waals surface area contributed by atoms with Crippen LogP contribution in [0.1, 0.15) is 19.3 Å². The number of rotatable bonds is 5. The summed E-state index contributed by atoms with van der Waals surface area (Å²) in [6, 6.07) is 14.2. The van der Waals surface area contributed by atoms with E-state index < -0.39 is 0 Å². The molecule has 1 heterocycles. The number of nitrogens with zero attached hydrogens (tertiary/aromatic N) is 1. The lowest BCUT2D eigenvalue weighted by Crippen LogP contribution is -2.29. The van der Waals surface area contributed by atoms with Gasteiger partial charge in [0.15, 0.2) is 0 Å². The third kappa shape index (κ3) is 4.25. The minimum Gasteiger partial charge on any atom is -0.374 e. The molecule has 24 heavy (non-hydrogen) atoms. The summed E-state index contributed by atoms with van der Waals surface area (Å²) in [5.74, 6) is -0.569. The zero-order chi connectivity index (χ0) is 16.8. The quantitative estimate of drug-likeness (QED) is 0.876. The Bertz CT molecular complexity index is 681. The van der Waals surface area contributed by atoms with E-state index in [2.05, 4.69) is 15.5 Å². The van der Waals surface area contributed by atoms with Gasteiger partial charge in [-0.1, -0.05) is 12.1 Å². The van der Waals surface area contributed by atoms with Gasteiger partial charge in [0.1, 0.15) is 5.82 Å². The van der Waals surface area contributed by atoms with Crippen molar-refractivity contribution >= 4 is 23.0 Å². The van der Waals surface area contributed by atoms with Crippen molar-refractivity contribution in [3.8, 4) is 0 Å². The lowest BCUT2D eigenvalue weighted by atomic mass is 10.1. The number of anilines is 3. The first-order valence-corrected chi connectivity index (χ1v) is 8.35. The molecule has 1 saturated heterocycles. The number of carbonyl (C=O) groups excluding carboxylic acids is 1. The van der Waals surface area contributed by atoms with Crippen LogP contribution in [0, 0.1) is 5.82 Å². The third-order valence-corrected chi connectivity index (χ3v) is 4.19. The van der Waals surface area contributed by atoms with Gasteiger partial charge in [0.25, 0.3) is 0 Å². The molecule has 1 amide bonds. The van der Waals surface area contributed by atoms with Crippen molar-refractivity contribution in [3.63, 3.8) is 0 Å². The van der Waals surface area contributed by atoms with E-state index in [1.807, 2.05) is 24.3 Å². The Morgan fingerprint density at radius 1 is 1.00 bits per heavy atom. The van der Waals surface area contributed by atoms with Crippen molar-refractivity contribution in [2.75, 3.05) is 35.2 Å². The zero-order valence-corrected chi connectivity index (χ0v) is 13.6. The molecule has 0 unspecified atom stereocenters. The van der Waals surface area contributed by atoms with Crippen LogP contribution >= 0.6 is 0 Å². The first-order chi connectivity index (χ1) is 11.7. The molecular weight excluding hydrogens is 305 g/mol. The minimum absolute atomic E-state index is 0.0226. The van der Waals surface area contributed by atoms with E-state index in [0.717, 1.165) is 18.8 Å². The number of halogens is 1. The maximum atomic E-state index is 13.5. The SMILES string of the molecule is O=C(CNc1ccccc1F)Nc1ccc(N2CCCCC2)cc1. The van der Waals surface area contributed by atoms with Crippen molar-refractivity contribution in [2.45, 2.75) is 19.3 Å². The summed E-state index contributed by atoms with van der Waals surface area (Å²) in [5.41, 5.74) is 2.27. The highest BCUT2D eigenvalue weighted by molar-refractivity contribution is 5.93. The summed E-state index contributed by atoms with van der Waals surface area (Å²) in [4.78, 5) is 14.3. The Morgan fingerprint density at radius 2 is 1.71 bits per heavy atom. The number of hydrogen-bond acceptors (Lipinski definition) is 3. The summed E-state index contributed by atoms with van der Waals surface area (Å²) in [5, 5.41) is 5.62. The van der Waals surface area contributed by atoms with Gasteiger partial charge in [0.2, 0.25) is 5.91 Å². The normalized spacial score (nSPS) is 14.3. The second kappa shape index (κ2) is 7.81. The number of carbonyl (C=O) groups is 1. The van der Waals surface area contributed by atoms with Gasteiger partial charge in [-0.3, -0.25) is 4.79 Å². The summed E-state index contributed by atoms with van der Waals surface area (Å²) in [6.45, 7) is 2.21. The molecule has 0 radical (unpaired) electrons. The number of amides is 1. The number of hydrogen-bond donors (Lipinski definition) is 2. The Balaban J connectivity index is 1.52. The molecule has 1 aliphatic rings. The lowest BCUT2D eigenvalue weighted by Gasteiger charge is -2.28. The highest BCUT2D eigenvalue weighted by Gasteiger charge is 2.11. The molecule has 0 aliphatic carbocycles. The molecule has 1 aliphatic heterocycles. The molecule has 2 aromatic rings. The fourth-order valence-electron chi connectivity index (χ4n) is 2.89. The second-order valence-corrected chi connectivity index (χ2v) is 5.98. The lowest BCUT2D eigenvalue weighted by molar-refractivity contribution is -0.114. The van der Waals surface area contributed by atoms with Crippen molar-refractivity contribution < 1.29 is 9.18 Å². The molecule has 0 aromatic heterocycles. The maximum absolute atomic E-state index is 13.5. The number of piperidine rings is 1. The van der Waals surface area contributed by atoms with Crippen LogP contribution in [0.25, 0.3) is 0 Å². The molecule has 0 saturated carbocycles. The Kier molecular flexibility index (Phi) is 5.31. The first-order valence-electron chi connectivity index (χ1n) is 8.35. The molecule has 5 heteroatoms. The molecule has 0 atom stereocenters. The molecule has 4 nitrogen and oxygen atoms in total. The summed E-state index contributed by atoms with van der Waals surface area (Å²) in [7, 11) is 0. The fraction of sp³-hybridized carbons (Fsp3) is 0.316. The van der Waals surface area contributed by atoms with Gasteiger partial charge >= 0.3 is 0 Å². The molecule has 1 fully saturated rings. The van der Waals surface area contributed by atoms with Crippen LogP contribution in [-0.2, 0) is 4.79 Å². The Labute approximate surface area is 141 Å². The summed E-state index contributed by atoms with van der Waals surface area (Å²) >= 11 is 0. The van der Waals surface area contributed by atoms with Gasteiger partial charge in [-0.05, 0) is 55.7 Å². The van der Waals surface area contributed by atoms with E-state index in [4.69, 9.17) is 0 Å². The summed E-state index contributed by atoms with van der Waals surface area (Å²) in [6.07, 6.45) is 3.78. The van der Waals surface area contributed by atoms with Crippen molar-refractivity contribution in [3.05, 3.63) is 54.3 Å². The van der Waals surface area contributed by atoms with Gasteiger partial charge in [0.05, 0.1) is 12.2 Å². The zero-order valence-electron chi connectivity index (χ0n) is 13.6. The highest BCUT2D eigenvalue weighted by atomic mass is 19.1. The molecule has 3 rings (SSSR count). The van der Waals surface area contributed by atoms with Crippen LogP contribution in [0.2, 0.25) is 0 Å². The predicted octanol–water partition coefficient (Wildman–Crippen LogP) is 3.87. The number of para-hydroxylation sites is 1. The maximum Gasteiger partial charge on any atom is 0.243 e. The van der Waals surface area contributed by atoms with E-state index in [1.165, 1.54) is 31.0 Å². The smallest absolute Gasteiger partial charge is 0.243 e. The first kappa shape index (κ1) is 16.3. The van der Waals surface area contributed by atoms with Crippen LogP contribution in [0.3, 0.4) is 0 Å². The van der Waals surface area contributed by atoms with Gasteiger partial charge < -0.3 is 15.5 Å². The van der Waals surface area contributed by atoms with E-state index >= 15 is 0 Å². The average molecular weight is 327 g/mol. The average Bonchev–Trinajstić information content (AvgIpc) is 2.62. The highest BCUT2D eigenvalue weighted by Crippen LogP contribution is 2.21. The van der Waals surface area contributed by atoms with Crippen molar-refractivity contribution in [2.24, 2.45) is 0 Å². The molecule has 0 bridgehead atoms. The van der Waals surface area contributed by atoms with E-state index in [-0.39, 0.29) is 18.3 Å². The van der Waals surface area contributed by atoms with Gasteiger partial charge in [-0.15, -0.1) is 0 Å². The van der Waals surface area contributed by atoms with Crippen molar-refractivity contribution in [1.82, 2.24) is 0 Å². The monoisotopic (exact) mass is 327 g/mol. The molecular formula is C19H22FN3O. The Hall–Kier alpha value is -2.56. The predicted molar refractivity (Wildman–Crippen MR) is 96.0 cm³/mol. The van der Waals surface area contributed by atoms with E-state index in [9.17, 15) is 9.18 Å². The third-order valence-electron chi connectivity index (χ3n) is 4.19. The number of nitrogens with one attached hydrogen (secondary N) is 2. The standard InChI is InChI=1S/C19H22FN3O/c20-17-6-2-3-7-18(17)21-14-19(24)22-15-8-10-16(11-9-15)23-12-4-1-5-13-23/h2-3,6-11,21H,1,4-5,12-14H2,(H,22,24). The van der Waals surface area contributed by atoms with E-state index in [1.54, 1.807) is 18.2 Å². The van der Waals surface area contributed by atoms with Crippen LogP contribution in [-0.4, -0.2) is 25.5 Å². The molecule has 126 valence electrons. The van der Waals surface area contributed by atoms with Gasteiger partial charge in [-0.2, -0.15) is 0 Å².